The first-order valence-electron chi connectivity index (χ1n) is 6.43. The minimum atomic E-state index is -1.03. The number of hydrogen-bond donors (Lipinski definition) is 1. The topological polar surface area (TPSA) is 64.6 Å². The normalized spacial score (nSPS) is 12.6. The quantitative estimate of drug-likeness (QED) is 0.804. The van der Waals surface area contributed by atoms with Gasteiger partial charge in [0.25, 0.3) is 5.91 Å². The van der Waals surface area contributed by atoms with Gasteiger partial charge in [-0.1, -0.05) is 30.3 Å². The number of amides is 1. The molecule has 0 aliphatic rings. The van der Waals surface area contributed by atoms with E-state index in [1.807, 2.05) is 30.3 Å². The van der Waals surface area contributed by atoms with Crippen molar-refractivity contribution < 1.29 is 19.1 Å². The first kappa shape index (κ1) is 16.2. The van der Waals surface area contributed by atoms with Gasteiger partial charge in [-0.15, -0.1) is 0 Å². The number of nitrogens with one attached hydrogen (secondary N) is 1. The molecule has 0 saturated carbocycles. The second-order valence-corrected chi connectivity index (χ2v) is 5.00. The third kappa shape index (κ3) is 4.66. The molecule has 0 bridgehead atoms. The van der Waals surface area contributed by atoms with Crippen molar-refractivity contribution in [2.75, 3.05) is 7.11 Å². The Morgan fingerprint density at radius 3 is 2.40 bits per heavy atom. The van der Waals surface area contributed by atoms with Gasteiger partial charge < -0.3 is 14.8 Å². The van der Waals surface area contributed by atoms with Gasteiger partial charge in [0.1, 0.15) is 11.6 Å². The van der Waals surface area contributed by atoms with E-state index >= 15 is 0 Å². The highest BCUT2D eigenvalue weighted by molar-refractivity contribution is 5.88. The van der Waals surface area contributed by atoms with Crippen molar-refractivity contribution in [1.29, 1.82) is 0 Å². The molecule has 20 heavy (non-hydrogen) atoms. The molecule has 110 valence electrons. The Labute approximate surface area is 119 Å². The van der Waals surface area contributed by atoms with Gasteiger partial charge in [-0.25, -0.2) is 4.79 Å². The SMILES string of the molecule is COC(=O)C(C)NC(=O)C(C)(C)OCc1ccccc1. The summed E-state index contributed by atoms with van der Waals surface area (Å²) in [6.07, 6.45) is 0. The zero-order valence-electron chi connectivity index (χ0n) is 12.3. The summed E-state index contributed by atoms with van der Waals surface area (Å²) in [5.41, 5.74) is -0.0487. The lowest BCUT2D eigenvalue weighted by Crippen LogP contribution is -2.49. The maximum atomic E-state index is 12.1. The third-order valence-corrected chi connectivity index (χ3v) is 2.89. The summed E-state index contributed by atoms with van der Waals surface area (Å²) >= 11 is 0. The van der Waals surface area contributed by atoms with Gasteiger partial charge in [-0.3, -0.25) is 4.79 Å². The molecule has 5 heteroatoms. The molecule has 1 rings (SSSR count). The van der Waals surface area contributed by atoms with E-state index in [1.165, 1.54) is 7.11 Å². The molecule has 5 nitrogen and oxygen atoms in total. The van der Waals surface area contributed by atoms with Crippen LogP contribution in [0.15, 0.2) is 30.3 Å². The Hall–Kier alpha value is -1.88. The summed E-state index contributed by atoms with van der Waals surface area (Å²) in [5.74, 6) is -0.844. The van der Waals surface area contributed by atoms with Gasteiger partial charge in [-0.2, -0.15) is 0 Å². The smallest absolute Gasteiger partial charge is 0.328 e. The van der Waals surface area contributed by atoms with E-state index in [9.17, 15) is 9.59 Å². The van der Waals surface area contributed by atoms with Gasteiger partial charge in [0.15, 0.2) is 0 Å². The van der Waals surface area contributed by atoms with E-state index in [0.717, 1.165) is 5.56 Å². The summed E-state index contributed by atoms with van der Waals surface area (Å²) < 4.78 is 10.2. The molecule has 0 aliphatic heterocycles. The van der Waals surface area contributed by atoms with E-state index in [2.05, 4.69) is 10.1 Å². The maximum absolute atomic E-state index is 12.1. The summed E-state index contributed by atoms with van der Waals surface area (Å²) in [5, 5.41) is 2.57. The highest BCUT2D eigenvalue weighted by Gasteiger charge is 2.31. The van der Waals surface area contributed by atoms with Crippen LogP contribution in [-0.4, -0.2) is 30.6 Å². The predicted octanol–water partition coefficient (Wildman–Crippen LogP) is 1.66. The van der Waals surface area contributed by atoms with Crippen molar-refractivity contribution >= 4 is 11.9 Å². The van der Waals surface area contributed by atoms with E-state index in [4.69, 9.17) is 4.74 Å². The number of hydrogen-bond acceptors (Lipinski definition) is 4. The first-order chi connectivity index (χ1) is 9.36. The van der Waals surface area contributed by atoms with Crippen LogP contribution in [0.2, 0.25) is 0 Å². The molecule has 0 spiro atoms. The largest absolute Gasteiger partial charge is 0.467 e. The first-order valence-corrected chi connectivity index (χ1v) is 6.43. The van der Waals surface area contributed by atoms with Gasteiger partial charge in [0.2, 0.25) is 0 Å². The Kier molecular flexibility index (Phi) is 5.70. The fourth-order valence-corrected chi connectivity index (χ4v) is 1.51. The molecule has 1 aromatic rings. The van der Waals surface area contributed by atoms with Crippen LogP contribution in [-0.2, 0) is 25.7 Å². The number of carbonyl (C=O) groups is 2. The molecule has 1 unspecified atom stereocenters. The monoisotopic (exact) mass is 279 g/mol. The average molecular weight is 279 g/mol. The molecule has 0 fully saturated rings. The lowest BCUT2D eigenvalue weighted by Gasteiger charge is -2.25. The lowest BCUT2D eigenvalue weighted by molar-refractivity contribution is -0.151. The van der Waals surface area contributed by atoms with Gasteiger partial charge in [0, 0.05) is 0 Å². The lowest BCUT2D eigenvalue weighted by atomic mass is 10.1. The highest BCUT2D eigenvalue weighted by Crippen LogP contribution is 2.13. The van der Waals surface area contributed by atoms with Crippen molar-refractivity contribution in [2.45, 2.75) is 39.0 Å². The minimum absolute atomic E-state index is 0.327. The molecule has 0 radical (unpaired) electrons. The molecular formula is C15H21NO4. The molecule has 0 aromatic heterocycles. The summed E-state index contributed by atoms with van der Waals surface area (Å²) in [7, 11) is 1.28. The van der Waals surface area contributed by atoms with Crippen LogP contribution in [0, 0.1) is 0 Å². The Bertz CT molecular complexity index is 456. The molecule has 1 N–H and O–H groups in total. The van der Waals surface area contributed by atoms with E-state index in [0.29, 0.717) is 6.61 Å². The zero-order valence-corrected chi connectivity index (χ0v) is 12.3. The van der Waals surface area contributed by atoms with Crippen molar-refractivity contribution in [3.05, 3.63) is 35.9 Å². The van der Waals surface area contributed by atoms with Gasteiger partial charge >= 0.3 is 5.97 Å². The van der Waals surface area contributed by atoms with Crippen molar-refractivity contribution in [2.24, 2.45) is 0 Å². The standard InChI is InChI=1S/C15H21NO4/c1-11(13(17)19-4)16-14(18)15(2,3)20-10-12-8-6-5-7-9-12/h5-9,11H,10H2,1-4H3,(H,16,18). The van der Waals surface area contributed by atoms with Crippen LogP contribution in [0.25, 0.3) is 0 Å². The number of methoxy groups -OCH3 is 1. The fourth-order valence-electron chi connectivity index (χ4n) is 1.51. The highest BCUT2D eigenvalue weighted by atomic mass is 16.5. The molecule has 1 atom stereocenters. The average Bonchev–Trinajstić information content (AvgIpc) is 2.45. The number of carbonyl (C=O) groups excluding carboxylic acids is 2. The number of rotatable bonds is 6. The maximum Gasteiger partial charge on any atom is 0.328 e. The van der Waals surface area contributed by atoms with Gasteiger partial charge in [-0.05, 0) is 26.3 Å². The Balaban J connectivity index is 2.55. The van der Waals surface area contributed by atoms with Crippen molar-refractivity contribution in [1.82, 2.24) is 5.32 Å². The number of benzene rings is 1. The number of ether oxygens (including phenoxy) is 2. The van der Waals surface area contributed by atoms with Crippen LogP contribution < -0.4 is 5.32 Å². The summed E-state index contributed by atoms with van der Waals surface area (Å²) in [6.45, 7) is 5.22. The zero-order chi connectivity index (χ0) is 15.2. The van der Waals surface area contributed by atoms with E-state index in [-0.39, 0.29) is 5.91 Å². The third-order valence-electron chi connectivity index (χ3n) is 2.89. The molecular weight excluding hydrogens is 258 g/mol. The van der Waals surface area contributed by atoms with E-state index in [1.54, 1.807) is 20.8 Å². The van der Waals surface area contributed by atoms with Crippen LogP contribution >= 0.6 is 0 Å². The van der Waals surface area contributed by atoms with Gasteiger partial charge in [0.05, 0.1) is 13.7 Å². The van der Waals surface area contributed by atoms with Crippen molar-refractivity contribution in [3.8, 4) is 0 Å². The predicted molar refractivity (Wildman–Crippen MR) is 74.9 cm³/mol. The molecule has 0 heterocycles. The number of esters is 1. The summed E-state index contributed by atoms with van der Waals surface area (Å²) in [6, 6.07) is 8.87. The fraction of sp³-hybridized carbons (Fsp3) is 0.467. The Morgan fingerprint density at radius 2 is 1.85 bits per heavy atom. The molecule has 0 saturated heterocycles. The van der Waals surface area contributed by atoms with Crippen LogP contribution in [0.4, 0.5) is 0 Å². The summed E-state index contributed by atoms with van der Waals surface area (Å²) in [4.78, 5) is 23.3. The van der Waals surface area contributed by atoms with Crippen LogP contribution in [0.3, 0.4) is 0 Å². The second kappa shape index (κ2) is 7.05. The van der Waals surface area contributed by atoms with E-state index < -0.39 is 17.6 Å². The minimum Gasteiger partial charge on any atom is -0.467 e. The van der Waals surface area contributed by atoms with Crippen LogP contribution in [0.1, 0.15) is 26.3 Å². The molecule has 1 aromatic carbocycles. The second-order valence-electron chi connectivity index (χ2n) is 5.00. The Morgan fingerprint density at radius 1 is 1.25 bits per heavy atom. The molecule has 0 aliphatic carbocycles. The van der Waals surface area contributed by atoms with Crippen LogP contribution in [0.5, 0.6) is 0 Å². The molecule has 1 amide bonds. The van der Waals surface area contributed by atoms with Crippen molar-refractivity contribution in [3.63, 3.8) is 0 Å².